The number of hydrogen-bond acceptors (Lipinski definition) is 3. The number of ketones is 1. The molecule has 84 valence electrons. The minimum absolute atomic E-state index is 0.0850. The van der Waals surface area contributed by atoms with Crippen molar-refractivity contribution in [3.05, 3.63) is 65.2 Å². The van der Waals surface area contributed by atoms with Crippen molar-refractivity contribution in [2.75, 3.05) is 0 Å². The van der Waals surface area contributed by atoms with Crippen LogP contribution in [0, 0.1) is 0 Å². The molecule has 0 saturated carbocycles. The van der Waals surface area contributed by atoms with Crippen LogP contribution in [0.3, 0.4) is 0 Å². The second-order valence-corrected chi connectivity index (χ2v) is 3.55. The monoisotopic (exact) mass is 226 g/mol. The lowest BCUT2D eigenvalue weighted by Gasteiger charge is -2.05. The van der Waals surface area contributed by atoms with Crippen molar-refractivity contribution in [2.24, 2.45) is 0 Å². The molecule has 0 spiro atoms. The first-order chi connectivity index (χ1) is 8.24. The van der Waals surface area contributed by atoms with E-state index in [1.807, 2.05) is 0 Å². The zero-order valence-corrected chi connectivity index (χ0v) is 8.96. The number of carbonyl (C=O) groups excluding carboxylic acids is 2. The molecule has 17 heavy (non-hydrogen) atoms. The highest BCUT2D eigenvalue weighted by Crippen LogP contribution is 2.21. The van der Waals surface area contributed by atoms with Gasteiger partial charge in [-0.05, 0) is 12.1 Å². The van der Waals surface area contributed by atoms with Crippen molar-refractivity contribution in [2.45, 2.75) is 0 Å². The van der Waals surface area contributed by atoms with Crippen LogP contribution in [-0.2, 0) is 0 Å². The molecule has 0 aliphatic rings. The van der Waals surface area contributed by atoms with E-state index in [1.165, 1.54) is 12.1 Å². The Morgan fingerprint density at radius 3 is 2.18 bits per heavy atom. The van der Waals surface area contributed by atoms with E-state index in [-0.39, 0.29) is 17.1 Å². The Balaban J connectivity index is 2.51. The second kappa shape index (κ2) is 4.61. The van der Waals surface area contributed by atoms with Crippen LogP contribution in [0.2, 0.25) is 0 Å². The van der Waals surface area contributed by atoms with Crippen molar-refractivity contribution < 1.29 is 14.7 Å². The van der Waals surface area contributed by atoms with Gasteiger partial charge in [0.1, 0.15) is 5.75 Å². The van der Waals surface area contributed by atoms with Gasteiger partial charge in [-0.25, -0.2) is 0 Å². The third kappa shape index (κ3) is 2.08. The first-order valence-corrected chi connectivity index (χ1v) is 5.11. The fourth-order valence-corrected chi connectivity index (χ4v) is 1.62. The number of phenolic OH excluding ortho intramolecular Hbond substituents is 1. The number of para-hydroxylation sites is 1. The van der Waals surface area contributed by atoms with Gasteiger partial charge in [0.2, 0.25) is 0 Å². The summed E-state index contributed by atoms with van der Waals surface area (Å²) in [7, 11) is 0. The van der Waals surface area contributed by atoms with E-state index in [1.54, 1.807) is 36.4 Å². The summed E-state index contributed by atoms with van der Waals surface area (Å²) in [4.78, 5) is 23.0. The minimum atomic E-state index is -0.356. The van der Waals surface area contributed by atoms with Gasteiger partial charge < -0.3 is 5.11 Å². The van der Waals surface area contributed by atoms with Crippen LogP contribution in [-0.4, -0.2) is 17.2 Å². The molecule has 1 N–H and O–H groups in total. The molecule has 2 aromatic rings. The number of carbonyl (C=O) groups is 2. The van der Waals surface area contributed by atoms with Crippen molar-refractivity contribution in [1.82, 2.24) is 0 Å². The summed E-state index contributed by atoms with van der Waals surface area (Å²) in [6.07, 6.45) is 0.632. The van der Waals surface area contributed by atoms with Gasteiger partial charge in [-0.15, -0.1) is 0 Å². The summed E-state index contributed by atoms with van der Waals surface area (Å²) in [6, 6.07) is 12.8. The standard InChI is InChI=1S/C14H10O3/c15-9-10-5-1-2-6-11(10)14(17)12-7-3-4-8-13(12)16/h1-9,16H. The predicted octanol–water partition coefficient (Wildman–Crippen LogP) is 2.44. The van der Waals surface area contributed by atoms with Crippen LogP contribution in [0.25, 0.3) is 0 Å². The molecular formula is C14H10O3. The van der Waals surface area contributed by atoms with Crippen LogP contribution >= 0.6 is 0 Å². The minimum Gasteiger partial charge on any atom is -0.507 e. The third-order valence-electron chi connectivity index (χ3n) is 2.48. The maximum absolute atomic E-state index is 12.1. The van der Waals surface area contributed by atoms with Gasteiger partial charge in [0.25, 0.3) is 0 Å². The molecule has 0 aliphatic heterocycles. The van der Waals surface area contributed by atoms with Crippen LogP contribution in [0.1, 0.15) is 26.3 Å². The lowest BCUT2D eigenvalue weighted by atomic mass is 9.98. The molecule has 0 atom stereocenters. The van der Waals surface area contributed by atoms with Gasteiger partial charge >= 0.3 is 0 Å². The van der Waals surface area contributed by atoms with Gasteiger partial charge in [-0.3, -0.25) is 9.59 Å². The highest BCUT2D eigenvalue weighted by Gasteiger charge is 2.15. The van der Waals surface area contributed by atoms with Crippen molar-refractivity contribution >= 4 is 12.1 Å². The Morgan fingerprint density at radius 2 is 1.53 bits per heavy atom. The predicted molar refractivity (Wildman–Crippen MR) is 63.4 cm³/mol. The fourth-order valence-electron chi connectivity index (χ4n) is 1.62. The molecule has 0 fully saturated rings. The van der Waals surface area contributed by atoms with Crippen molar-refractivity contribution in [1.29, 1.82) is 0 Å². The summed E-state index contributed by atoms with van der Waals surface area (Å²) in [5.74, 6) is -0.441. The molecule has 0 unspecified atom stereocenters. The summed E-state index contributed by atoms with van der Waals surface area (Å²) in [5, 5.41) is 9.60. The molecule has 0 amide bonds. The van der Waals surface area contributed by atoms with Gasteiger partial charge in [0, 0.05) is 11.1 Å². The molecule has 0 aliphatic carbocycles. The summed E-state index contributed by atoms with van der Waals surface area (Å²) in [5.41, 5.74) is 0.812. The molecule has 3 heteroatoms. The smallest absolute Gasteiger partial charge is 0.197 e. The topological polar surface area (TPSA) is 54.4 Å². The van der Waals surface area contributed by atoms with E-state index < -0.39 is 0 Å². The quantitative estimate of drug-likeness (QED) is 0.646. The first kappa shape index (κ1) is 11.1. The molecule has 0 radical (unpaired) electrons. The zero-order valence-electron chi connectivity index (χ0n) is 8.96. The van der Waals surface area contributed by atoms with E-state index in [2.05, 4.69) is 0 Å². The van der Waals surface area contributed by atoms with Crippen molar-refractivity contribution in [3.8, 4) is 5.75 Å². The maximum atomic E-state index is 12.1. The average molecular weight is 226 g/mol. The Hall–Kier alpha value is -2.42. The van der Waals surface area contributed by atoms with Gasteiger partial charge in [0.05, 0.1) is 5.56 Å². The molecule has 3 nitrogen and oxygen atoms in total. The molecule has 0 bridgehead atoms. The highest BCUT2D eigenvalue weighted by molar-refractivity contribution is 6.14. The molecular weight excluding hydrogens is 216 g/mol. The summed E-state index contributed by atoms with van der Waals surface area (Å²) >= 11 is 0. The van der Waals surface area contributed by atoms with E-state index in [0.717, 1.165) is 0 Å². The Kier molecular flexibility index (Phi) is 3.01. The van der Waals surface area contributed by atoms with E-state index >= 15 is 0 Å². The third-order valence-corrected chi connectivity index (χ3v) is 2.48. The number of hydrogen-bond donors (Lipinski definition) is 1. The number of aromatic hydroxyl groups is 1. The highest BCUT2D eigenvalue weighted by atomic mass is 16.3. The van der Waals surface area contributed by atoms with Gasteiger partial charge in [-0.1, -0.05) is 36.4 Å². The molecule has 0 aromatic heterocycles. The van der Waals surface area contributed by atoms with E-state index in [4.69, 9.17) is 0 Å². The summed E-state index contributed by atoms with van der Waals surface area (Å²) in [6.45, 7) is 0. The Labute approximate surface area is 98.3 Å². The normalized spacial score (nSPS) is 9.88. The first-order valence-electron chi connectivity index (χ1n) is 5.11. The van der Waals surface area contributed by atoms with Crippen LogP contribution in [0.15, 0.2) is 48.5 Å². The largest absolute Gasteiger partial charge is 0.507 e. The zero-order chi connectivity index (χ0) is 12.3. The van der Waals surface area contributed by atoms with Crippen LogP contribution in [0.4, 0.5) is 0 Å². The number of aldehydes is 1. The van der Waals surface area contributed by atoms with Crippen molar-refractivity contribution in [3.63, 3.8) is 0 Å². The molecule has 2 aromatic carbocycles. The number of rotatable bonds is 3. The fraction of sp³-hybridized carbons (Fsp3) is 0. The molecule has 0 saturated heterocycles. The van der Waals surface area contributed by atoms with Crippen LogP contribution < -0.4 is 0 Å². The lowest BCUT2D eigenvalue weighted by Crippen LogP contribution is -2.05. The average Bonchev–Trinajstić information content (AvgIpc) is 2.38. The van der Waals surface area contributed by atoms with E-state index in [9.17, 15) is 14.7 Å². The molecule has 0 heterocycles. The number of benzene rings is 2. The lowest BCUT2D eigenvalue weighted by molar-refractivity contribution is 0.102. The summed E-state index contributed by atoms with van der Waals surface area (Å²) < 4.78 is 0. The second-order valence-electron chi connectivity index (χ2n) is 3.55. The van der Waals surface area contributed by atoms with E-state index in [0.29, 0.717) is 17.4 Å². The van der Waals surface area contributed by atoms with Crippen LogP contribution in [0.5, 0.6) is 5.75 Å². The number of phenols is 1. The molecule has 2 rings (SSSR count). The maximum Gasteiger partial charge on any atom is 0.197 e. The van der Waals surface area contributed by atoms with Gasteiger partial charge in [-0.2, -0.15) is 0 Å². The SMILES string of the molecule is O=Cc1ccccc1C(=O)c1ccccc1O. The van der Waals surface area contributed by atoms with Gasteiger partial charge in [0.15, 0.2) is 12.1 Å². The Morgan fingerprint density at radius 1 is 0.941 bits per heavy atom. The Bertz CT molecular complexity index is 573.